The highest BCUT2D eigenvalue weighted by atomic mass is 16.5. The third-order valence-corrected chi connectivity index (χ3v) is 7.78. The van der Waals surface area contributed by atoms with Crippen LogP contribution in [0.5, 0.6) is 5.75 Å². The summed E-state index contributed by atoms with van der Waals surface area (Å²) in [5.41, 5.74) is 4.60. The molecule has 3 aromatic rings. The fourth-order valence-corrected chi connectivity index (χ4v) is 6.04. The van der Waals surface area contributed by atoms with Gasteiger partial charge in [-0.15, -0.1) is 0 Å². The summed E-state index contributed by atoms with van der Waals surface area (Å²) in [6.45, 7) is 3.07. The van der Waals surface area contributed by atoms with Crippen LogP contribution in [0.3, 0.4) is 0 Å². The van der Waals surface area contributed by atoms with Crippen molar-refractivity contribution in [3.8, 4) is 5.75 Å². The summed E-state index contributed by atoms with van der Waals surface area (Å²) in [5.74, 6) is 1.37. The molecule has 1 atom stereocenters. The molecular weight excluding hydrogens is 416 g/mol. The second kappa shape index (κ2) is 7.57. The number of amides is 1. The number of benzene rings is 1. The standard InChI is InChI=1S/C26H30N4O3/c1-28-21-11-19(33-2)5-6-20(21)23-24(28)22(13-31)29(12-17-7-9-27-10-8-17)14-26(23)15-30(16-26)25(32)18-3-4-18/h5-11,18,22,31H,3-4,12-16H2,1-2H3/t22-/m1/s1. The molecule has 172 valence electrons. The molecule has 2 aliphatic heterocycles. The number of pyridine rings is 1. The van der Waals surface area contributed by atoms with Crippen molar-refractivity contribution in [3.05, 3.63) is 59.5 Å². The van der Waals surface area contributed by atoms with Crippen LogP contribution in [0, 0.1) is 5.92 Å². The third kappa shape index (κ3) is 3.17. The largest absolute Gasteiger partial charge is 0.497 e. The van der Waals surface area contributed by atoms with Crippen LogP contribution in [-0.2, 0) is 23.8 Å². The number of hydrogen-bond donors (Lipinski definition) is 1. The highest BCUT2D eigenvalue weighted by molar-refractivity contribution is 5.90. The van der Waals surface area contributed by atoms with Crippen molar-refractivity contribution in [3.63, 3.8) is 0 Å². The lowest BCUT2D eigenvalue weighted by atomic mass is 9.68. The number of ether oxygens (including phenoxy) is 1. The molecule has 0 bridgehead atoms. The zero-order chi connectivity index (χ0) is 22.7. The van der Waals surface area contributed by atoms with E-state index < -0.39 is 0 Å². The van der Waals surface area contributed by atoms with Crippen molar-refractivity contribution in [2.24, 2.45) is 13.0 Å². The van der Waals surface area contributed by atoms with E-state index in [0.29, 0.717) is 5.91 Å². The summed E-state index contributed by atoms with van der Waals surface area (Å²) in [6, 6.07) is 10.2. The lowest BCUT2D eigenvalue weighted by Gasteiger charge is -2.56. The summed E-state index contributed by atoms with van der Waals surface area (Å²) >= 11 is 0. The van der Waals surface area contributed by atoms with Gasteiger partial charge in [0, 0.05) is 74.1 Å². The van der Waals surface area contributed by atoms with Crippen molar-refractivity contribution in [2.75, 3.05) is 33.4 Å². The number of aliphatic hydroxyl groups excluding tert-OH is 1. The molecule has 1 spiro atoms. The van der Waals surface area contributed by atoms with Crippen molar-refractivity contribution in [2.45, 2.75) is 30.8 Å². The number of aryl methyl sites for hydroxylation is 1. The molecule has 1 aliphatic carbocycles. The van der Waals surface area contributed by atoms with Gasteiger partial charge in [-0.05, 0) is 48.2 Å². The van der Waals surface area contributed by atoms with Crippen molar-refractivity contribution < 1.29 is 14.6 Å². The van der Waals surface area contributed by atoms with Crippen molar-refractivity contribution in [1.82, 2.24) is 19.4 Å². The number of nitrogens with zero attached hydrogens (tertiary/aromatic N) is 4. The van der Waals surface area contributed by atoms with Gasteiger partial charge in [0.1, 0.15) is 5.75 Å². The Morgan fingerprint density at radius 2 is 1.94 bits per heavy atom. The van der Waals surface area contributed by atoms with Gasteiger partial charge in [-0.2, -0.15) is 0 Å². The second-order valence-electron chi connectivity index (χ2n) is 9.91. The zero-order valence-corrected chi connectivity index (χ0v) is 19.2. The third-order valence-electron chi connectivity index (χ3n) is 7.78. The number of likely N-dealkylation sites (tertiary alicyclic amines) is 1. The van der Waals surface area contributed by atoms with Crippen LogP contribution in [0.15, 0.2) is 42.7 Å². The first-order valence-corrected chi connectivity index (χ1v) is 11.7. The van der Waals surface area contributed by atoms with E-state index in [0.717, 1.165) is 56.0 Å². The van der Waals surface area contributed by atoms with Gasteiger partial charge in [-0.3, -0.25) is 14.7 Å². The van der Waals surface area contributed by atoms with Crippen molar-refractivity contribution in [1.29, 1.82) is 0 Å². The molecule has 4 heterocycles. The Kier molecular flexibility index (Phi) is 4.74. The highest BCUT2D eigenvalue weighted by Crippen LogP contribution is 2.50. The lowest BCUT2D eigenvalue weighted by Crippen LogP contribution is -2.67. The summed E-state index contributed by atoms with van der Waals surface area (Å²) < 4.78 is 7.73. The Morgan fingerprint density at radius 3 is 2.61 bits per heavy atom. The predicted octanol–water partition coefficient (Wildman–Crippen LogP) is 2.62. The highest BCUT2D eigenvalue weighted by Gasteiger charge is 2.55. The first-order chi connectivity index (χ1) is 16.0. The molecule has 2 fully saturated rings. The quantitative estimate of drug-likeness (QED) is 0.653. The molecule has 2 aromatic heterocycles. The fourth-order valence-electron chi connectivity index (χ4n) is 6.04. The molecule has 6 rings (SSSR count). The lowest BCUT2D eigenvalue weighted by molar-refractivity contribution is -0.142. The first-order valence-electron chi connectivity index (χ1n) is 11.7. The maximum absolute atomic E-state index is 12.8. The molecule has 0 unspecified atom stereocenters. The van der Waals surface area contributed by atoms with Crippen LogP contribution >= 0.6 is 0 Å². The number of fused-ring (bicyclic) bond motifs is 4. The molecule has 0 radical (unpaired) electrons. The van der Waals surface area contributed by atoms with Gasteiger partial charge >= 0.3 is 0 Å². The van der Waals surface area contributed by atoms with E-state index in [-0.39, 0.29) is 24.0 Å². The van der Waals surface area contributed by atoms with Gasteiger partial charge < -0.3 is 19.3 Å². The zero-order valence-electron chi connectivity index (χ0n) is 19.2. The van der Waals surface area contributed by atoms with Gasteiger partial charge in [0.2, 0.25) is 5.91 Å². The number of hydrogen-bond acceptors (Lipinski definition) is 5. The second-order valence-corrected chi connectivity index (χ2v) is 9.91. The number of methoxy groups -OCH3 is 1. The minimum atomic E-state index is -0.132. The average Bonchev–Trinajstić information content (AvgIpc) is 3.62. The SMILES string of the molecule is COc1ccc2c3c(n(C)c2c1)[C@@H](CO)N(Cc1ccncc1)CC31CN(C(=O)C2CC2)C1. The number of carbonyl (C=O) groups is 1. The van der Waals surface area contributed by atoms with Crippen LogP contribution < -0.4 is 4.74 Å². The summed E-state index contributed by atoms with van der Waals surface area (Å²) in [7, 11) is 3.77. The molecule has 1 aromatic carbocycles. The average molecular weight is 447 g/mol. The molecule has 1 saturated carbocycles. The molecule has 1 N–H and O–H groups in total. The summed E-state index contributed by atoms with van der Waals surface area (Å²) in [4.78, 5) is 21.4. The Morgan fingerprint density at radius 1 is 1.18 bits per heavy atom. The van der Waals surface area contributed by atoms with Crippen molar-refractivity contribution >= 4 is 16.8 Å². The molecule has 1 amide bonds. The van der Waals surface area contributed by atoms with E-state index in [1.807, 2.05) is 35.5 Å². The maximum Gasteiger partial charge on any atom is 0.225 e. The predicted molar refractivity (Wildman–Crippen MR) is 125 cm³/mol. The number of aliphatic hydroxyl groups is 1. The van der Waals surface area contributed by atoms with E-state index in [2.05, 4.69) is 33.6 Å². The van der Waals surface area contributed by atoms with Gasteiger partial charge in [-0.25, -0.2) is 0 Å². The van der Waals surface area contributed by atoms with Crippen LogP contribution in [0.2, 0.25) is 0 Å². The number of rotatable bonds is 5. The van der Waals surface area contributed by atoms with E-state index in [1.165, 1.54) is 16.5 Å². The van der Waals surface area contributed by atoms with Gasteiger partial charge in [-0.1, -0.05) is 0 Å². The Balaban J connectivity index is 1.47. The van der Waals surface area contributed by atoms with E-state index >= 15 is 0 Å². The number of carbonyl (C=O) groups excluding carboxylic acids is 1. The summed E-state index contributed by atoms with van der Waals surface area (Å²) in [5, 5.41) is 11.8. The molecule has 33 heavy (non-hydrogen) atoms. The first kappa shape index (κ1) is 20.7. The van der Waals surface area contributed by atoms with Gasteiger partial charge in [0.15, 0.2) is 0 Å². The number of aromatic nitrogens is 2. The van der Waals surface area contributed by atoms with Gasteiger partial charge in [0.05, 0.1) is 25.3 Å². The molecule has 1 saturated heterocycles. The van der Waals surface area contributed by atoms with E-state index in [4.69, 9.17) is 4.74 Å². The van der Waals surface area contributed by atoms with Gasteiger partial charge in [0.25, 0.3) is 0 Å². The minimum absolute atomic E-state index is 0.0418. The smallest absolute Gasteiger partial charge is 0.225 e. The Bertz CT molecular complexity index is 1210. The van der Waals surface area contributed by atoms with E-state index in [1.54, 1.807) is 7.11 Å². The van der Waals surface area contributed by atoms with Crippen LogP contribution in [-0.4, -0.2) is 63.7 Å². The minimum Gasteiger partial charge on any atom is -0.497 e. The summed E-state index contributed by atoms with van der Waals surface area (Å²) in [6.07, 6.45) is 5.69. The van der Waals surface area contributed by atoms with Crippen LogP contribution in [0.1, 0.15) is 35.7 Å². The Labute approximate surface area is 193 Å². The maximum atomic E-state index is 12.8. The normalized spacial score (nSPS) is 21.8. The fraction of sp³-hybridized carbons (Fsp3) is 0.462. The molecule has 7 nitrogen and oxygen atoms in total. The molecule has 7 heteroatoms. The van der Waals surface area contributed by atoms with Crippen LogP contribution in [0.25, 0.3) is 10.9 Å². The monoisotopic (exact) mass is 446 g/mol. The van der Waals surface area contributed by atoms with E-state index in [9.17, 15) is 9.90 Å². The van der Waals surface area contributed by atoms with Crippen LogP contribution in [0.4, 0.5) is 0 Å². The molecular formula is C26H30N4O3. The topological polar surface area (TPSA) is 70.8 Å². The molecule has 3 aliphatic rings. The Hall–Kier alpha value is -2.90.